The molecule has 7 heteroatoms. The van der Waals surface area contributed by atoms with Gasteiger partial charge in [-0.05, 0) is 112 Å². The first-order valence-electron chi connectivity index (χ1n) is 16.2. The van der Waals surface area contributed by atoms with Crippen molar-refractivity contribution in [3.63, 3.8) is 0 Å². The third-order valence-electron chi connectivity index (χ3n) is 11.9. The largest absolute Gasteiger partial charge is 0.436 e. The van der Waals surface area contributed by atoms with Crippen LogP contribution in [0.5, 0.6) is 0 Å². The van der Waals surface area contributed by atoms with Crippen molar-refractivity contribution in [3.8, 4) is 0 Å². The van der Waals surface area contributed by atoms with Gasteiger partial charge >= 0.3 is 6.09 Å². The maximum Gasteiger partial charge on any atom is 0.436 e. The summed E-state index contributed by atoms with van der Waals surface area (Å²) in [6.07, 6.45) is 13.9. The van der Waals surface area contributed by atoms with E-state index in [1.54, 1.807) is 0 Å². The Hall–Kier alpha value is -1.73. The minimum Gasteiger partial charge on any atom is -0.329 e. The van der Waals surface area contributed by atoms with E-state index in [4.69, 9.17) is 4.84 Å². The van der Waals surface area contributed by atoms with Crippen LogP contribution in [0, 0.1) is 34.5 Å². The van der Waals surface area contributed by atoms with E-state index in [0.29, 0.717) is 49.1 Å². The summed E-state index contributed by atoms with van der Waals surface area (Å²) < 4.78 is 0.810. The van der Waals surface area contributed by atoms with Crippen LogP contribution in [0.25, 0.3) is 0 Å². The van der Waals surface area contributed by atoms with Gasteiger partial charge in [0.2, 0.25) is 0 Å². The highest BCUT2D eigenvalue weighted by Gasteiger charge is 2.59. The quantitative estimate of drug-likeness (QED) is 0.178. The van der Waals surface area contributed by atoms with Crippen molar-refractivity contribution < 1.29 is 18.9 Å². The Morgan fingerprint density at radius 1 is 1.07 bits per heavy atom. The van der Waals surface area contributed by atoms with Crippen LogP contribution < -0.4 is 5.32 Å². The Morgan fingerprint density at radius 2 is 1.88 bits per heavy atom. The van der Waals surface area contributed by atoms with Crippen molar-refractivity contribution in [1.82, 2.24) is 10.2 Å². The van der Waals surface area contributed by atoms with Crippen LogP contribution >= 0.6 is 0 Å². The van der Waals surface area contributed by atoms with Gasteiger partial charge in [0.25, 0.3) is 0 Å². The van der Waals surface area contributed by atoms with E-state index in [2.05, 4.69) is 52.4 Å². The fourth-order valence-corrected chi connectivity index (χ4v) is 9.51. The molecule has 0 radical (unpaired) electrons. The number of fused-ring (bicyclic) bond motifs is 5. The number of allylic oxidation sites excluding steroid dienone is 1. The van der Waals surface area contributed by atoms with Gasteiger partial charge in [0.05, 0.1) is 39.9 Å². The summed E-state index contributed by atoms with van der Waals surface area (Å²) in [5, 5.41) is 8.09. The number of nitrogens with zero attached hydrogens (tertiary/aromatic N) is 3. The molecule has 5 rings (SSSR count). The Kier molecular flexibility index (Phi) is 8.56. The molecule has 224 valence electrons. The van der Waals surface area contributed by atoms with Crippen LogP contribution in [0.1, 0.15) is 91.4 Å². The Labute approximate surface area is 242 Å². The van der Waals surface area contributed by atoms with Crippen LogP contribution in [0.3, 0.4) is 0 Å². The second kappa shape index (κ2) is 11.5. The second-order valence-corrected chi connectivity index (χ2v) is 15.3. The lowest BCUT2D eigenvalue weighted by Crippen LogP contribution is -2.51. The van der Waals surface area contributed by atoms with Crippen molar-refractivity contribution in [1.29, 1.82) is 0 Å². The van der Waals surface area contributed by atoms with Gasteiger partial charge in [-0.1, -0.05) is 24.6 Å². The normalized spacial score (nSPS) is 37.9. The van der Waals surface area contributed by atoms with Crippen LogP contribution in [-0.2, 0) is 9.63 Å². The Morgan fingerprint density at radius 3 is 2.60 bits per heavy atom. The summed E-state index contributed by atoms with van der Waals surface area (Å²) in [5.74, 6) is 2.81. The first-order chi connectivity index (χ1) is 18.9. The molecule has 1 saturated heterocycles. The number of nitrogens with one attached hydrogen (secondary N) is 1. The number of amides is 1. The van der Waals surface area contributed by atoms with Gasteiger partial charge in [0.15, 0.2) is 5.78 Å². The van der Waals surface area contributed by atoms with Crippen LogP contribution in [0.4, 0.5) is 4.79 Å². The summed E-state index contributed by atoms with van der Waals surface area (Å²) in [5.41, 5.74) is 2.84. The number of hydrogen-bond acceptors (Lipinski definition) is 5. The predicted octanol–water partition coefficient (Wildman–Crippen LogP) is 5.80. The zero-order valence-corrected chi connectivity index (χ0v) is 26.1. The molecule has 7 nitrogen and oxygen atoms in total. The minimum absolute atomic E-state index is 0.207. The van der Waals surface area contributed by atoms with Gasteiger partial charge in [0, 0.05) is 24.9 Å². The van der Waals surface area contributed by atoms with E-state index in [1.165, 1.54) is 44.1 Å². The minimum atomic E-state index is -0.305. The number of likely N-dealkylation sites (N-methyl/N-ethyl adjacent to an activating group) is 1. The Bertz CT molecular complexity index is 1030. The van der Waals surface area contributed by atoms with Gasteiger partial charge in [-0.2, -0.15) is 0 Å². The van der Waals surface area contributed by atoms with E-state index in [-0.39, 0.29) is 16.9 Å². The summed E-state index contributed by atoms with van der Waals surface area (Å²) in [7, 11) is 6.48. The summed E-state index contributed by atoms with van der Waals surface area (Å²) in [6.45, 7) is 10.4. The highest BCUT2D eigenvalue weighted by molar-refractivity contribution is 5.91. The lowest BCUT2D eigenvalue weighted by Gasteiger charge is -2.58. The smallest absolute Gasteiger partial charge is 0.329 e. The number of carbonyl (C=O) groups excluding carboxylic acids is 2. The zero-order valence-electron chi connectivity index (χ0n) is 26.1. The third kappa shape index (κ3) is 5.92. The number of ketones is 1. The van der Waals surface area contributed by atoms with E-state index < -0.39 is 0 Å². The molecule has 1 unspecified atom stereocenters. The molecule has 0 aromatic carbocycles. The monoisotopic (exact) mass is 555 g/mol. The van der Waals surface area contributed by atoms with E-state index in [0.717, 1.165) is 54.9 Å². The fraction of sp³-hybridized carbons (Fsp3) is 0.848. The van der Waals surface area contributed by atoms with Crippen molar-refractivity contribution in [2.24, 2.45) is 39.7 Å². The SMILES string of the molecule is C/C(=N\OC(=O)N(CCC1CCCN1)CC[N+](C)(C)C)[C@H]1CC[C@H]2[C@@H]3CCC4=CC(=O)CC[C@]4(C)[C@H]3CC[C@]12C. The van der Waals surface area contributed by atoms with Gasteiger partial charge in [-0.3, -0.25) is 9.63 Å². The highest BCUT2D eigenvalue weighted by atomic mass is 16.7. The topological polar surface area (TPSA) is 71.0 Å². The van der Waals surface area contributed by atoms with Crippen molar-refractivity contribution in [3.05, 3.63) is 11.6 Å². The second-order valence-electron chi connectivity index (χ2n) is 15.3. The standard InChI is InChI=1S/C33H55N4O3/c1-23(35-40-31(39)36(20-21-37(4,5)6)19-15-25-8-7-18-34-25)28-11-12-29-27-10-9-24-22-26(38)13-16-32(24,2)30(27)14-17-33(28,29)3/h22,25,27-30,34H,7-21H2,1-6H3/q+1/b35-23+/t25?,27-,28+,29-,30-,32-,33+/m0/s1. The third-order valence-corrected chi connectivity index (χ3v) is 11.9. The molecule has 0 spiro atoms. The zero-order chi connectivity index (χ0) is 28.7. The van der Waals surface area contributed by atoms with Gasteiger partial charge in [-0.25, -0.2) is 4.79 Å². The number of carbonyl (C=O) groups is 2. The lowest BCUT2D eigenvalue weighted by molar-refractivity contribution is -0.869. The molecule has 5 aliphatic rings. The van der Waals surface area contributed by atoms with Crippen molar-refractivity contribution >= 4 is 17.6 Å². The lowest BCUT2D eigenvalue weighted by atomic mass is 9.46. The van der Waals surface area contributed by atoms with Crippen LogP contribution in [0.2, 0.25) is 0 Å². The van der Waals surface area contributed by atoms with E-state index in [9.17, 15) is 9.59 Å². The average Bonchev–Trinajstić information content (AvgIpc) is 3.54. The molecule has 1 aliphatic heterocycles. The van der Waals surface area contributed by atoms with Crippen LogP contribution in [0.15, 0.2) is 16.8 Å². The highest BCUT2D eigenvalue weighted by Crippen LogP contribution is 2.66. The molecule has 0 aromatic rings. The molecule has 4 fully saturated rings. The molecular weight excluding hydrogens is 500 g/mol. The molecule has 40 heavy (non-hydrogen) atoms. The van der Waals surface area contributed by atoms with Gasteiger partial charge in [-0.15, -0.1) is 0 Å². The predicted molar refractivity (Wildman–Crippen MR) is 160 cm³/mol. The molecule has 7 atom stereocenters. The first-order valence-corrected chi connectivity index (χ1v) is 16.2. The summed E-state index contributed by atoms with van der Waals surface area (Å²) in [6, 6.07) is 0.498. The molecule has 1 heterocycles. The van der Waals surface area contributed by atoms with Crippen LogP contribution in [-0.4, -0.2) is 80.3 Å². The van der Waals surface area contributed by atoms with Crippen molar-refractivity contribution in [2.75, 3.05) is 47.3 Å². The number of quaternary nitrogens is 1. The molecule has 0 aromatic heterocycles. The molecule has 4 aliphatic carbocycles. The van der Waals surface area contributed by atoms with Gasteiger partial charge < -0.3 is 14.7 Å². The maximum absolute atomic E-state index is 13.3. The number of hydrogen-bond donors (Lipinski definition) is 1. The van der Waals surface area contributed by atoms with Crippen molar-refractivity contribution in [2.45, 2.75) is 97.4 Å². The maximum atomic E-state index is 13.3. The van der Waals surface area contributed by atoms with E-state index in [1.807, 2.05) is 11.0 Å². The molecule has 0 bridgehead atoms. The first kappa shape index (κ1) is 29.8. The summed E-state index contributed by atoms with van der Waals surface area (Å²) >= 11 is 0. The molecule has 3 saturated carbocycles. The molecular formula is C33H55N4O3+. The Balaban J connectivity index is 1.24. The number of oxime groups is 1. The van der Waals surface area contributed by atoms with E-state index >= 15 is 0 Å². The molecule has 1 amide bonds. The summed E-state index contributed by atoms with van der Waals surface area (Å²) in [4.78, 5) is 33.0. The molecule has 1 N–H and O–H groups in total. The number of rotatable bonds is 8. The van der Waals surface area contributed by atoms with Gasteiger partial charge in [0.1, 0.15) is 0 Å². The fourth-order valence-electron chi connectivity index (χ4n) is 9.51. The average molecular weight is 556 g/mol.